The van der Waals surface area contributed by atoms with Crippen LogP contribution >= 0.6 is 0 Å². The van der Waals surface area contributed by atoms with Crippen LogP contribution in [0.15, 0.2) is 24.3 Å². The molecule has 0 aromatic heterocycles. The van der Waals surface area contributed by atoms with Crippen LogP contribution in [0.3, 0.4) is 0 Å². The molecule has 0 bridgehead atoms. The lowest BCUT2D eigenvalue weighted by atomic mass is 9.88. The lowest BCUT2D eigenvalue weighted by Gasteiger charge is -2.32. The van der Waals surface area contributed by atoms with E-state index in [1.54, 1.807) is 0 Å². The van der Waals surface area contributed by atoms with Gasteiger partial charge in [0.05, 0.1) is 12.7 Å². The number of hydrogen-bond acceptors (Lipinski definition) is 3. The van der Waals surface area contributed by atoms with Crippen molar-refractivity contribution >= 4 is 0 Å². The van der Waals surface area contributed by atoms with E-state index < -0.39 is 0 Å². The van der Waals surface area contributed by atoms with Gasteiger partial charge in [0.15, 0.2) is 0 Å². The number of nitrogens with zero attached hydrogens (tertiary/aromatic N) is 1. The van der Waals surface area contributed by atoms with Crippen LogP contribution < -0.4 is 4.74 Å². The molecule has 22 heavy (non-hydrogen) atoms. The van der Waals surface area contributed by atoms with Crippen LogP contribution in [-0.4, -0.2) is 36.8 Å². The van der Waals surface area contributed by atoms with Crippen molar-refractivity contribution in [3.8, 4) is 5.75 Å². The fraction of sp³-hybridized carbons (Fsp3) is 0.684. The Morgan fingerprint density at radius 1 is 1.18 bits per heavy atom. The van der Waals surface area contributed by atoms with E-state index in [0.29, 0.717) is 6.61 Å². The van der Waals surface area contributed by atoms with Gasteiger partial charge in [0, 0.05) is 18.0 Å². The fourth-order valence-electron chi connectivity index (χ4n) is 3.93. The second kappa shape index (κ2) is 7.47. The van der Waals surface area contributed by atoms with Crippen LogP contribution in [0.2, 0.25) is 0 Å². The molecule has 2 aliphatic rings. The summed E-state index contributed by atoms with van der Waals surface area (Å²) in [4.78, 5) is 2.45. The minimum absolute atomic E-state index is 0.212. The SMILES string of the molecule is CN(CCC1COc2ccccc2C1O)CC1CCCCC1. The largest absolute Gasteiger partial charge is 0.493 e. The highest BCUT2D eigenvalue weighted by molar-refractivity contribution is 5.36. The van der Waals surface area contributed by atoms with Crippen LogP contribution in [0.25, 0.3) is 0 Å². The summed E-state index contributed by atoms with van der Waals surface area (Å²) < 4.78 is 5.81. The molecule has 2 atom stereocenters. The van der Waals surface area contributed by atoms with Crippen LogP contribution in [0.4, 0.5) is 0 Å². The molecule has 1 saturated carbocycles. The first-order valence-electron chi connectivity index (χ1n) is 8.82. The monoisotopic (exact) mass is 303 g/mol. The Hall–Kier alpha value is -1.06. The minimum atomic E-state index is -0.381. The average molecular weight is 303 g/mol. The maximum atomic E-state index is 10.6. The molecule has 0 saturated heterocycles. The van der Waals surface area contributed by atoms with E-state index in [-0.39, 0.29) is 12.0 Å². The molecule has 3 nitrogen and oxygen atoms in total. The summed E-state index contributed by atoms with van der Waals surface area (Å²) in [5.74, 6) is 1.94. The highest BCUT2D eigenvalue weighted by Crippen LogP contribution is 2.36. The second-order valence-electron chi connectivity index (χ2n) is 7.11. The summed E-state index contributed by atoms with van der Waals surface area (Å²) in [6.07, 6.45) is 7.64. The summed E-state index contributed by atoms with van der Waals surface area (Å²) in [5, 5.41) is 10.6. The molecule has 1 fully saturated rings. The van der Waals surface area contributed by atoms with E-state index in [9.17, 15) is 5.11 Å². The molecule has 0 spiro atoms. The van der Waals surface area contributed by atoms with Gasteiger partial charge in [-0.1, -0.05) is 37.5 Å². The normalized spacial score (nSPS) is 25.8. The minimum Gasteiger partial charge on any atom is -0.493 e. The van der Waals surface area contributed by atoms with Crippen LogP contribution in [0.5, 0.6) is 5.75 Å². The first kappa shape index (κ1) is 15.8. The van der Waals surface area contributed by atoms with Gasteiger partial charge in [-0.2, -0.15) is 0 Å². The molecule has 1 heterocycles. The number of aliphatic hydroxyl groups is 1. The Morgan fingerprint density at radius 3 is 2.77 bits per heavy atom. The van der Waals surface area contributed by atoms with E-state index in [4.69, 9.17) is 4.74 Å². The number of aliphatic hydroxyl groups excluding tert-OH is 1. The summed E-state index contributed by atoms with van der Waals surface area (Å²) in [7, 11) is 2.22. The summed E-state index contributed by atoms with van der Waals surface area (Å²) in [6, 6.07) is 7.87. The van der Waals surface area contributed by atoms with Gasteiger partial charge in [-0.25, -0.2) is 0 Å². The molecule has 1 aromatic rings. The topological polar surface area (TPSA) is 32.7 Å². The third kappa shape index (κ3) is 3.82. The third-order valence-electron chi connectivity index (χ3n) is 5.31. The van der Waals surface area contributed by atoms with Crippen molar-refractivity contribution in [1.29, 1.82) is 0 Å². The first-order chi connectivity index (χ1) is 10.7. The van der Waals surface area contributed by atoms with E-state index in [2.05, 4.69) is 11.9 Å². The van der Waals surface area contributed by atoms with Crippen molar-refractivity contribution in [1.82, 2.24) is 4.90 Å². The van der Waals surface area contributed by atoms with Gasteiger partial charge >= 0.3 is 0 Å². The van der Waals surface area contributed by atoms with Crippen molar-refractivity contribution in [2.75, 3.05) is 26.7 Å². The second-order valence-corrected chi connectivity index (χ2v) is 7.11. The molecule has 0 amide bonds. The number of benzene rings is 1. The van der Waals surface area contributed by atoms with E-state index in [0.717, 1.165) is 30.2 Å². The molecule has 3 heteroatoms. The lowest BCUT2D eigenvalue weighted by molar-refractivity contribution is 0.0404. The molecule has 2 unspecified atom stereocenters. The summed E-state index contributed by atoms with van der Waals surface area (Å²) >= 11 is 0. The fourth-order valence-corrected chi connectivity index (χ4v) is 3.93. The highest BCUT2D eigenvalue weighted by atomic mass is 16.5. The van der Waals surface area contributed by atoms with Crippen molar-refractivity contribution in [2.24, 2.45) is 11.8 Å². The maximum absolute atomic E-state index is 10.6. The number of para-hydroxylation sites is 1. The van der Waals surface area contributed by atoms with Gasteiger partial charge in [0.2, 0.25) is 0 Å². The zero-order valence-corrected chi connectivity index (χ0v) is 13.7. The zero-order chi connectivity index (χ0) is 15.4. The maximum Gasteiger partial charge on any atom is 0.125 e. The standard InChI is InChI=1S/C19H29NO2/c1-20(13-15-7-3-2-4-8-15)12-11-16-14-22-18-10-6-5-9-17(18)19(16)21/h5-6,9-10,15-16,19,21H,2-4,7-8,11-14H2,1H3. The van der Waals surface area contributed by atoms with E-state index >= 15 is 0 Å². The predicted octanol–water partition coefficient (Wildman–Crippen LogP) is 3.63. The van der Waals surface area contributed by atoms with Gasteiger partial charge in [-0.05, 0) is 44.8 Å². The summed E-state index contributed by atoms with van der Waals surface area (Å²) in [5.41, 5.74) is 0.952. The molecular formula is C19H29NO2. The molecule has 1 aromatic carbocycles. The van der Waals surface area contributed by atoms with Crippen molar-refractivity contribution in [2.45, 2.75) is 44.6 Å². The van der Waals surface area contributed by atoms with E-state index in [1.165, 1.54) is 38.6 Å². The number of rotatable bonds is 5. The van der Waals surface area contributed by atoms with E-state index in [1.807, 2.05) is 24.3 Å². The van der Waals surface area contributed by atoms with Gasteiger partial charge in [0.25, 0.3) is 0 Å². The molecule has 1 N–H and O–H groups in total. The van der Waals surface area contributed by atoms with Crippen LogP contribution in [0.1, 0.15) is 50.2 Å². The molecule has 3 rings (SSSR count). The molecule has 122 valence electrons. The number of hydrogen-bond donors (Lipinski definition) is 1. The zero-order valence-electron chi connectivity index (χ0n) is 13.7. The Balaban J connectivity index is 1.47. The first-order valence-corrected chi connectivity index (χ1v) is 8.82. The quantitative estimate of drug-likeness (QED) is 0.901. The predicted molar refractivity (Wildman–Crippen MR) is 89.1 cm³/mol. The van der Waals surface area contributed by atoms with Gasteiger partial charge in [0.1, 0.15) is 5.75 Å². The van der Waals surface area contributed by atoms with Crippen molar-refractivity contribution in [3.05, 3.63) is 29.8 Å². The van der Waals surface area contributed by atoms with Crippen LogP contribution in [-0.2, 0) is 0 Å². The Kier molecular flexibility index (Phi) is 5.37. The average Bonchev–Trinajstić information content (AvgIpc) is 2.55. The third-order valence-corrected chi connectivity index (χ3v) is 5.31. The number of fused-ring (bicyclic) bond motifs is 1. The molecule has 0 radical (unpaired) electrons. The Bertz CT molecular complexity index is 470. The van der Waals surface area contributed by atoms with Gasteiger partial charge < -0.3 is 14.7 Å². The number of ether oxygens (including phenoxy) is 1. The Morgan fingerprint density at radius 2 is 1.95 bits per heavy atom. The molecule has 1 aliphatic carbocycles. The van der Waals surface area contributed by atoms with Gasteiger partial charge in [-0.15, -0.1) is 0 Å². The van der Waals surface area contributed by atoms with Crippen molar-refractivity contribution < 1.29 is 9.84 Å². The lowest BCUT2D eigenvalue weighted by Crippen LogP contribution is -2.32. The smallest absolute Gasteiger partial charge is 0.125 e. The highest BCUT2D eigenvalue weighted by Gasteiger charge is 2.29. The van der Waals surface area contributed by atoms with Gasteiger partial charge in [-0.3, -0.25) is 0 Å². The summed E-state index contributed by atoms with van der Waals surface area (Å²) in [6.45, 7) is 2.89. The van der Waals surface area contributed by atoms with Crippen LogP contribution in [0, 0.1) is 11.8 Å². The molecule has 1 aliphatic heterocycles. The molecular weight excluding hydrogens is 274 g/mol. The van der Waals surface area contributed by atoms with Crippen molar-refractivity contribution in [3.63, 3.8) is 0 Å². The Labute approximate surface area is 134 Å².